The fourth-order valence-electron chi connectivity index (χ4n) is 2.92. The van der Waals surface area contributed by atoms with E-state index in [1.54, 1.807) is 0 Å². The van der Waals surface area contributed by atoms with Gasteiger partial charge in [-0.25, -0.2) is 8.78 Å². The van der Waals surface area contributed by atoms with Crippen molar-refractivity contribution in [3.63, 3.8) is 0 Å². The van der Waals surface area contributed by atoms with Crippen molar-refractivity contribution in [2.45, 2.75) is 43.7 Å². The van der Waals surface area contributed by atoms with Gasteiger partial charge in [0.2, 0.25) is 0 Å². The van der Waals surface area contributed by atoms with Crippen LogP contribution in [0.25, 0.3) is 0 Å². The first-order valence-corrected chi connectivity index (χ1v) is 7.35. The van der Waals surface area contributed by atoms with E-state index in [9.17, 15) is 22.0 Å². The molecular weight excluding hydrogens is 311 g/mol. The maximum absolute atomic E-state index is 13.6. The number of halogens is 6. The number of benzene rings is 1. The van der Waals surface area contributed by atoms with E-state index < -0.39 is 29.1 Å². The highest BCUT2D eigenvalue weighted by molar-refractivity contribution is 6.20. The molecule has 1 aliphatic carbocycles. The lowest BCUT2D eigenvalue weighted by atomic mass is 9.78. The molecule has 3 atom stereocenters. The average molecular weight is 327 g/mol. The molecule has 0 aromatic heterocycles. The Balaban J connectivity index is 2.01. The zero-order valence-electron chi connectivity index (χ0n) is 11.3. The molecule has 0 amide bonds. The van der Waals surface area contributed by atoms with Crippen LogP contribution in [-0.2, 0) is 6.42 Å². The second-order valence-electron chi connectivity index (χ2n) is 5.62. The van der Waals surface area contributed by atoms with Crippen LogP contribution < -0.4 is 0 Å². The highest BCUT2D eigenvalue weighted by atomic mass is 35.5. The van der Waals surface area contributed by atoms with Crippen LogP contribution in [0.15, 0.2) is 18.2 Å². The van der Waals surface area contributed by atoms with Gasteiger partial charge in [-0.2, -0.15) is 13.2 Å². The quantitative estimate of drug-likeness (QED) is 0.509. The second-order valence-corrected chi connectivity index (χ2v) is 6.18. The maximum atomic E-state index is 13.6. The zero-order valence-corrected chi connectivity index (χ0v) is 12.0. The highest BCUT2D eigenvalue weighted by Crippen LogP contribution is 2.42. The largest absolute Gasteiger partial charge is 0.391 e. The normalized spacial score (nSPS) is 24.9. The summed E-state index contributed by atoms with van der Waals surface area (Å²) in [5.41, 5.74) is 0.241. The number of hydrogen-bond acceptors (Lipinski definition) is 0. The van der Waals surface area contributed by atoms with Crippen LogP contribution in [0.4, 0.5) is 22.0 Å². The molecule has 118 valence electrons. The van der Waals surface area contributed by atoms with Gasteiger partial charge in [-0.1, -0.05) is 12.5 Å². The van der Waals surface area contributed by atoms with Crippen molar-refractivity contribution in [2.75, 3.05) is 0 Å². The molecule has 6 heteroatoms. The maximum Gasteiger partial charge on any atom is 0.391 e. The Morgan fingerprint density at radius 2 is 1.90 bits per heavy atom. The minimum atomic E-state index is -4.20. The van der Waals surface area contributed by atoms with E-state index in [-0.39, 0.29) is 30.7 Å². The van der Waals surface area contributed by atoms with E-state index in [2.05, 4.69) is 0 Å². The molecule has 21 heavy (non-hydrogen) atoms. The first-order chi connectivity index (χ1) is 9.77. The zero-order chi connectivity index (χ0) is 15.6. The fourth-order valence-corrected chi connectivity index (χ4v) is 3.31. The molecule has 1 aromatic rings. The SMILES string of the molecule is Fc1ccc(CC(Cl)C2CCCC(C(F)(F)F)C2)c(F)c1. The van der Waals surface area contributed by atoms with Gasteiger partial charge in [0, 0.05) is 11.4 Å². The molecule has 0 N–H and O–H groups in total. The minimum Gasteiger partial charge on any atom is -0.207 e. The molecule has 0 radical (unpaired) electrons. The summed E-state index contributed by atoms with van der Waals surface area (Å²) in [7, 11) is 0. The number of hydrogen-bond donors (Lipinski definition) is 0. The lowest BCUT2D eigenvalue weighted by molar-refractivity contribution is -0.185. The van der Waals surface area contributed by atoms with Gasteiger partial charge < -0.3 is 0 Å². The molecule has 1 saturated carbocycles. The average Bonchev–Trinajstić information content (AvgIpc) is 2.41. The smallest absolute Gasteiger partial charge is 0.207 e. The molecule has 1 aliphatic rings. The van der Waals surface area contributed by atoms with Crippen molar-refractivity contribution in [3.05, 3.63) is 35.4 Å². The Morgan fingerprint density at radius 3 is 2.52 bits per heavy atom. The highest BCUT2D eigenvalue weighted by Gasteiger charge is 2.43. The van der Waals surface area contributed by atoms with Gasteiger partial charge in [-0.3, -0.25) is 0 Å². The van der Waals surface area contributed by atoms with Crippen molar-refractivity contribution in [1.82, 2.24) is 0 Å². The molecule has 0 spiro atoms. The monoisotopic (exact) mass is 326 g/mol. The van der Waals surface area contributed by atoms with Crippen LogP contribution >= 0.6 is 11.6 Å². The number of rotatable bonds is 3. The van der Waals surface area contributed by atoms with Crippen LogP contribution in [0, 0.1) is 23.5 Å². The first kappa shape index (κ1) is 16.5. The summed E-state index contributed by atoms with van der Waals surface area (Å²) in [5, 5.41) is -0.574. The van der Waals surface area contributed by atoms with E-state index in [1.165, 1.54) is 6.07 Å². The van der Waals surface area contributed by atoms with Crippen molar-refractivity contribution < 1.29 is 22.0 Å². The third-order valence-corrected chi connectivity index (χ3v) is 4.63. The van der Waals surface area contributed by atoms with Crippen LogP contribution in [0.2, 0.25) is 0 Å². The summed E-state index contributed by atoms with van der Waals surface area (Å²) >= 11 is 6.19. The van der Waals surface area contributed by atoms with Gasteiger partial charge in [0.15, 0.2) is 0 Å². The summed E-state index contributed by atoms with van der Waals surface area (Å²) < 4.78 is 64.7. The minimum absolute atomic E-state index is 0.0134. The summed E-state index contributed by atoms with van der Waals surface area (Å²) in [6, 6.07) is 3.18. The summed E-state index contributed by atoms with van der Waals surface area (Å²) in [6.07, 6.45) is -2.87. The molecule has 1 fully saturated rings. The molecular formula is C15H16ClF5. The van der Waals surface area contributed by atoms with Gasteiger partial charge in [0.25, 0.3) is 0 Å². The Morgan fingerprint density at radius 1 is 1.19 bits per heavy atom. The molecule has 1 aromatic carbocycles. The number of alkyl halides is 4. The van der Waals surface area contributed by atoms with Gasteiger partial charge in [-0.15, -0.1) is 11.6 Å². The Hall–Kier alpha value is -0.840. The predicted molar refractivity (Wildman–Crippen MR) is 71.2 cm³/mol. The topological polar surface area (TPSA) is 0 Å². The third kappa shape index (κ3) is 4.31. The van der Waals surface area contributed by atoms with Crippen molar-refractivity contribution >= 4 is 11.6 Å². The van der Waals surface area contributed by atoms with E-state index in [4.69, 9.17) is 11.6 Å². The van der Waals surface area contributed by atoms with Crippen LogP contribution in [-0.4, -0.2) is 11.6 Å². The van der Waals surface area contributed by atoms with Crippen LogP contribution in [0.1, 0.15) is 31.2 Å². The Labute approximate surface area is 125 Å². The van der Waals surface area contributed by atoms with Gasteiger partial charge >= 0.3 is 6.18 Å². The summed E-state index contributed by atoms with van der Waals surface area (Å²) in [6.45, 7) is 0. The molecule has 0 aliphatic heterocycles. The lowest BCUT2D eigenvalue weighted by Gasteiger charge is -2.33. The van der Waals surface area contributed by atoms with E-state index >= 15 is 0 Å². The third-order valence-electron chi connectivity index (χ3n) is 4.12. The first-order valence-electron chi connectivity index (χ1n) is 6.92. The molecule has 0 saturated heterocycles. The van der Waals surface area contributed by atoms with Crippen LogP contribution in [0.5, 0.6) is 0 Å². The summed E-state index contributed by atoms with van der Waals surface area (Å²) in [5.74, 6) is -3.01. The molecule has 0 bridgehead atoms. The van der Waals surface area contributed by atoms with Gasteiger partial charge in [0.1, 0.15) is 11.6 Å². The van der Waals surface area contributed by atoms with E-state index in [0.717, 1.165) is 12.1 Å². The van der Waals surface area contributed by atoms with E-state index in [0.29, 0.717) is 12.8 Å². The second kappa shape index (κ2) is 6.51. The molecule has 0 heterocycles. The Bertz CT molecular complexity index is 485. The standard InChI is InChI=1S/C15H16ClF5/c16-13(7-10-4-5-12(17)8-14(10)18)9-2-1-3-11(6-9)15(19,20)21/h4-5,8-9,11,13H,1-3,6-7H2. The lowest BCUT2D eigenvalue weighted by Crippen LogP contribution is -2.32. The van der Waals surface area contributed by atoms with Gasteiger partial charge in [-0.05, 0) is 43.2 Å². The van der Waals surface area contributed by atoms with Crippen molar-refractivity contribution in [2.24, 2.45) is 11.8 Å². The Kier molecular flexibility index (Phi) is 5.12. The van der Waals surface area contributed by atoms with Crippen molar-refractivity contribution in [1.29, 1.82) is 0 Å². The molecule has 0 nitrogen and oxygen atoms in total. The van der Waals surface area contributed by atoms with Crippen LogP contribution in [0.3, 0.4) is 0 Å². The molecule has 2 rings (SSSR count). The van der Waals surface area contributed by atoms with Crippen molar-refractivity contribution in [3.8, 4) is 0 Å². The summed E-state index contributed by atoms with van der Waals surface area (Å²) in [4.78, 5) is 0. The predicted octanol–water partition coefficient (Wildman–Crippen LogP) is 5.48. The van der Waals surface area contributed by atoms with E-state index in [1.807, 2.05) is 0 Å². The van der Waals surface area contributed by atoms with Gasteiger partial charge in [0.05, 0.1) is 5.92 Å². The molecule has 3 unspecified atom stereocenters. The fraction of sp³-hybridized carbons (Fsp3) is 0.600.